The zero-order valence-electron chi connectivity index (χ0n) is 10.7. The number of hydrogen-bond donors (Lipinski definition) is 1. The molecule has 0 spiro atoms. The molecule has 0 bridgehead atoms. The molecule has 1 N–H and O–H groups in total. The Morgan fingerprint density at radius 1 is 1.40 bits per heavy atom. The SMILES string of the molecule is C[C@@H](NC(=O)c1cc(Cl)c2c(c1)OCO2)c1ccco1. The average Bonchev–Trinajstić information content (AvgIpc) is 3.09. The van der Waals surface area contributed by atoms with Gasteiger partial charge < -0.3 is 19.2 Å². The van der Waals surface area contributed by atoms with Crippen molar-refractivity contribution in [3.63, 3.8) is 0 Å². The Kier molecular flexibility index (Phi) is 3.28. The van der Waals surface area contributed by atoms with Gasteiger partial charge in [-0.05, 0) is 31.2 Å². The molecule has 2 heterocycles. The molecular formula is C14H12ClNO4. The lowest BCUT2D eigenvalue weighted by Crippen LogP contribution is -2.26. The summed E-state index contributed by atoms with van der Waals surface area (Å²) in [4.78, 5) is 12.2. The summed E-state index contributed by atoms with van der Waals surface area (Å²) in [6, 6.07) is 6.51. The van der Waals surface area contributed by atoms with E-state index in [1.54, 1.807) is 30.5 Å². The molecule has 0 saturated carbocycles. The van der Waals surface area contributed by atoms with Crippen molar-refractivity contribution in [3.8, 4) is 11.5 Å². The van der Waals surface area contributed by atoms with Gasteiger partial charge in [-0.3, -0.25) is 4.79 Å². The summed E-state index contributed by atoms with van der Waals surface area (Å²) in [5, 5.41) is 3.19. The molecule has 0 radical (unpaired) electrons. The van der Waals surface area contributed by atoms with Crippen LogP contribution in [0.4, 0.5) is 0 Å². The Morgan fingerprint density at radius 3 is 3.00 bits per heavy atom. The highest BCUT2D eigenvalue weighted by Gasteiger charge is 2.21. The van der Waals surface area contributed by atoms with E-state index in [1.165, 1.54) is 0 Å². The second-order valence-electron chi connectivity index (χ2n) is 4.40. The van der Waals surface area contributed by atoms with E-state index in [4.69, 9.17) is 25.5 Å². The van der Waals surface area contributed by atoms with Crippen LogP contribution in [0.5, 0.6) is 11.5 Å². The van der Waals surface area contributed by atoms with Gasteiger partial charge in [0.25, 0.3) is 5.91 Å². The first kappa shape index (κ1) is 12.9. The molecule has 3 rings (SSSR count). The first-order chi connectivity index (χ1) is 9.65. The largest absolute Gasteiger partial charge is 0.467 e. The summed E-state index contributed by atoms with van der Waals surface area (Å²) in [6.07, 6.45) is 1.56. The van der Waals surface area contributed by atoms with Crippen molar-refractivity contribution in [2.45, 2.75) is 13.0 Å². The number of halogens is 1. The minimum Gasteiger partial charge on any atom is -0.467 e. The molecule has 5 nitrogen and oxygen atoms in total. The fraction of sp³-hybridized carbons (Fsp3) is 0.214. The molecule has 1 amide bonds. The van der Waals surface area contributed by atoms with Crippen LogP contribution in [0.25, 0.3) is 0 Å². The molecule has 1 aliphatic rings. The molecule has 1 aliphatic heterocycles. The molecule has 0 saturated heterocycles. The molecule has 0 unspecified atom stereocenters. The Labute approximate surface area is 120 Å². The van der Waals surface area contributed by atoms with Crippen LogP contribution in [0, 0.1) is 0 Å². The van der Waals surface area contributed by atoms with E-state index in [-0.39, 0.29) is 18.7 Å². The van der Waals surface area contributed by atoms with Gasteiger partial charge in [0.2, 0.25) is 6.79 Å². The van der Waals surface area contributed by atoms with Gasteiger partial charge in [0, 0.05) is 5.56 Å². The Bertz CT molecular complexity index is 639. The number of carbonyl (C=O) groups is 1. The second-order valence-corrected chi connectivity index (χ2v) is 4.81. The van der Waals surface area contributed by atoms with E-state index in [1.807, 2.05) is 6.92 Å². The molecule has 0 aliphatic carbocycles. The van der Waals surface area contributed by atoms with Crippen molar-refractivity contribution >= 4 is 17.5 Å². The third-order valence-electron chi connectivity index (χ3n) is 3.01. The minimum atomic E-state index is -0.255. The molecule has 20 heavy (non-hydrogen) atoms. The van der Waals surface area contributed by atoms with Crippen LogP contribution in [0.15, 0.2) is 34.9 Å². The standard InChI is InChI=1S/C14H12ClNO4/c1-8(11-3-2-4-18-11)16-14(17)9-5-10(15)13-12(6-9)19-7-20-13/h2-6,8H,7H2,1H3,(H,16,17)/t8-/m1/s1. The summed E-state index contributed by atoms with van der Waals surface area (Å²) >= 11 is 6.05. The summed E-state index contributed by atoms with van der Waals surface area (Å²) in [5.41, 5.74) is 0.414. The van der Waals surface area contributed by atoms with Crippen LogP contribution in [0.3, 0.4) is 0 Å². The number of amides is 1. The van der Waals surface area contributed by atoms with Gasteiger partial charge in [0.1, 0.15) is 5.76 Å². The van der Waals surface area contributed by atoms with E-state index in [9.17, 15) is 4.79 Å². The highest BCUT2D eigenvalue weighted by atomic mass is 35.5. The van der Waals surface area contributed by atoms with Gasteiger partial charge in [-0.1, -0.05) is 11.6 Å². The van der Waals surface area contributed by atoms with Crippen molar-refractivity contribution in [1.29, 1.82) is 0 Å². The van der Waals surface area contributed by atoms with Crippen LogP contribution < -0.4 is 14.8 Å². The van der Waals surface area contributed by atoms with E-state index < -0.39 is 0 Å². The second kappa shape index (κ2) is 5.09. The maximum Gasteiger partial charge on any atom is 0.252 e. The van der Waals surface area contributed by atoms with E-state index in [2.05, 4.69) is 5.32 Å². The number of hydrogen-bond acceptors (Lipinski definition) is 4. The number of nitrogens with one attached hydrogen (secondary N) is 1. The normalized spacial score (nSPS) is 14.1. The fourth-order valence-corrected chi connectivity index (χ4v) is 2.25. The summed E-state index contributed by atoms with van der Waals surface area (Å²) in [7, 11) is 0. The molecule has 1 aromatic carbocycles. The Balaban J connectivity index is 1.79. The minimum absolute atomic E-state index is 0.114. The lowest BCUT2D eigenvalue weighted by atomic mass is 10.1. The van der Waals surface area contributed by atoms with Crippen molar-refractivity contribution in [1.82, 2.24) is 5.32 Å². The van der Waals surface area contributed by atoms with Crippen LogP contribution in [0.2, 0.25) is 5.02 Å². The highest BCUT2D eigenvalue weighted by molar-refractivity contribution is 6.32. The molecule has 104 valence electrons. The van der Waals surface area contributed by atoms with Crippen LogP contribution in [0.1, 0.15) is 29.1 Å². The number of rotatable bonds is 3. The predicted molar refractivity (Wildman–Crippen MR) is 72.2 cm³/mol. The first-order valence-corrected chi connectivity index (χ1v) is 6.46. The number of ether oxygens (including phenoxy) is 2. The molecular weight excluding hydrogens is 282 g/mol. The monoisotopic (exact) mass is 293 g/mol. The average molecular weight is 294 g/mol. The van der Waals surface area contributed by atoms with Crippen LogP contribution in [-0.2, 0) is 0 Å². The van der Waals surface area contributed by atoms with Crippen molar-refractivity contribution in [2.24, 2.45) is 0 Å². The molecule has 1 atom stereocenters. The third-order valence-corrected chi connectivity index (χ3v) is 3.29. The van der Waals surface area contributed by atoms with Gasteiger partial charge in [-0.15, -0.1) is 0 Å². The molecule has 0 fully saturated rings. The maximum absolute atomic E-state index is 12.2. The number of carbonyl (C=O) groups excluding carboxylic acids is 1. The smallest absolute Gasteiger partial charge is 0.252 e. The van der Waals surface area contributed by atoms with Crippen molar-refractivity contribution in [3.05, 3.63) is 46.9 Å². The molecule has 1 aromatic heterocycles. The predicted octanol–water partition coefficient (Wildman–Crippen LogP) is 3.15. The van der Waals surface area contributed by atoms with Crippen molar-refractivity contribution in [2.75, 3.05) is 6.79 Å². The Hall–Kier alpha value is -2.14. The quantitative estimate of drug-likeness (QED) is 0.944. The first-order valence-electron chi connectivity index (χ1n) is 6.08. The number of furan rings is 1. The summed E-state index contributed by atoms with van der Waals surface area (Å²) in [5.74, 6) is 1.38. The topological polar surface area (TPSA) is 60.7 Å². The summed E-state index contributed by atoms with van der Waals surface area (Å²) in [6.45, 7) is 1.95. The molecule has 2 aromatic rings. The fourth-order valence-electron chi connectivity index (χ4n) is 1.99. The Morgan fingerprint density at radius 2 is 2.25 bits per heavy atom. The lowest BCUT2D eigenvalue weighted by molar-refractivity contribution is 0.0935. The summed E-state index contributed by atoms with van der Waals surface area (Å²) < 4.78 is 15.7. The van der Waals surface area contributed by atoms with Gasteiger partial charge >= 0.3 is 0 Å². The van der Waals surface area contributed by atoms with Crippen LogP contribution >= 0.6 is 11.6 Å². The number of fused-ring (bicyclic) bond motifs is 1. The van der Waals surface area contributed by atoms with Crippen molar-refractivity contribution < 1.29 is 18.7 Å². The van der Waals surface area contributed by atoms with E-state index in [0.717, 1.165) is 0 Å². The zero-order chi connectivity index (χ0) is 14.1. The zero-order valence-corrected chi connectivity index (χ0v) is 11.4. The van der Waals surface area contributed by atoms with Gasteiger partial charge in [-0.25, -0.2) is 0 Å². The lowest BCUT2D eigenvalue weighted by Gasteiger charge is -2.12. The van der Waals surface area contributed by atoms with E-state index in [0.29, 0.717) is 27.8 Å². The van der Waals surface area contributed by atoms with E-state index >= 15 is 0 Å². The molecule has 6 heteroatoms. The van der Waals surface area contributed by atoms with Gasteiger partial charge in [0.05, 0.1) is 17.3 Å². The highest BCUT2D eigenvalue weighted by Crippen LogP contribution is 2.39. The van der Waals surface area contributed by atoms with Gasteiger partial charge in [0.15, 0.2) is 11.5 Å². The third kappa shape index (κ3) is 2.32. The van der Waals surface area contributed by atoms with Crippen LogP contribution in [-0.4, -0.2) is 12.7 Å². The number of benzene rings is 1. The van der Waals surface area contributed by atoms with Gasteiger partial charge in [-0.2, -0.15) is 0 Å². The maximum atomic E-state index is 12.2.